The molecule has 9 nitrogen and oxygen atoms in total. The van der Waals surface area contributed by atoms with Crippen LogP contribution in [0.15, 0.2) is 54.7 Å². The Balaban J connectivity index is 1.01. The number of hydrogen-bond acceptors (Lipinski definition) is 7. The summed E-state index contributed by atoms with van der Waals surface area (Å²) in [5.74, 6) is 0.966. The Hall–Kier alpha value is -3.96. The van der Waals surface area contributed by atoms with Crippen molar-refractivity contribution in [2.45, 2.75) is 57.5 Å². The van der Waals surface area contributed by atoms with Crippen LogP contribution in [0.3, 0.4) is 0 Å². The molecule has 1 unspecified atom stereocenters. The Morgan fingerprint density at radius 3 is 2.38 bits per heavy atom. The number of alkyl halides is 3. The maximum atomic E-state index is 12.3. The van der Waals surface area contributed by atoms with Gasteiger partial charge in [-0.05, 0) is 84.9 Å². The van der Waals surface area contributed by atoms with E-state index in [1.54, 1.807) is 16.7 Å². The van der Waals surface area contributed by atoms with Crippen molar-refractivity contribution >= 4 is 11.5 Å². The third-order valence-corrected chi connectivity index (χ3v) is 7.37. The van der Waals surface area contributed by atoms with E-state index < -0.39 is 11.3 Å². The molecule has 5 rings (SSSR count). The van der Waals surface area contributed by atoms with Gasteiger partial charge in [0.25, 0.3) is 0 Å². The van der Waals surface area contributed by atoms with E-state index >= 15 is 0 Å². The standard InChI is InChI=1S/C28H31F3N4O5/c29-28(30,31)40-24-8-4-20(5-9-24)2-1-3-21-12-15-33(16-13-21)22-6-10-23(11-7-22)38-19-25-14-17-34-18-26(35(36)37)32-27(34)39-25/h4-11,18,21,25H,1-3,12-17,19H2. The van der Waals surface area contributed by atoms with Crippen molar-refractivity contribution in [3.8, 4) is 17.5 Å². The van der Waals surface area contributed by atoms with Gasteiger partial charge in [0.2, 0.25) is 0 Å². The van der Waals surface area contributed by atoms with Gasteiger partial charge in [0.1, 0.15) is 30.4 Å². The Labute approximate surface area is 229 Å². The number of nitrogens with zero attached hydrogens (tertiary/aromatic N) is 4. The van der Waals surface area contributed by atoms with Gasteiger partial charge in [-0.3, -0.25) is 4.57 Å². The van der Waals surface area contributed by atoms with Crippen LogP contribution in [0, 0.1) is 16.0 Å². The molecule has 3 heterocycles. The second kappa shape index (κ2) is 12.1. The summed E-state index contributed by atoms with van der Waals surface area (Å²) in [6.45, 7) is 2.87. The summed E-state index contributed by atoms with van der Waals surface area (Å²) in [7, 11) is 0. The van der Waals surface area contributed by atoms with Crippen molar-refractivity contribution in [2.75, 3.05) is 24.6 Å². The number of anilines is 1. The van der Waals surface area contributed by atoms with Gasteiger partial charge >= 0.3 is 18.2 Å². The minimum absolute atomic E-state index is 0.190. The molecule has 1 saturated heterocycles. The van der Waals surface area contributed by atoms with Gasteiger partial charge in [0.05, 0.1) is 0 Å². The van der Waals surface area contributed by atoms with Gasteiger partial charge in [-0.2, -0.15) is 0 Å². The predicted octanol–water partition coefficient (Wildman–Crippen LogP) is 6.16. The fourth-order valence-electron chi connectivity index (χ4n) is 5.21. The Morgan fingerprint density at radius 1 is 1.00 bits per heavy atom. The van der Waals surface area contributed by atoms with Gasteiger partial charge in [0.15, 0.2) is 0 Å². The van der Waals surface area contributed by atoms with Crippen LogP contribution in [-0.4, -0.2) is 46.6 Å². The molecule has 214 valence electrons. The fraction of sp³-hybridized carbons (Fsp3) is 0.464. The normalized spacial score (nSPS) is 17.7. The molecule has 40 heavy (non-hydrogen) atoms. The molecule has 0 saturated carbocycles. The first kappa shape index (κ1) is 27.6. The first-order chi connectivity index (χ1) is 19.2. The molecule has 0 N–H and O–H groups in total. The van der Waals surface area contributed by atoms with E-state index in [0.717, 1.165) is 62.2 Å². The van der Waals surface area contributed by atoms with E-state index in [4.69, 9.17) is 9.47 Å². The average Bonchev–Trinajstić information content (AvgIpc) is 3.37. The number of ether oxygens (including phenoxy) is 3. The number of rotatable bonds is 10. The first-order valence-electron chi connectivity index (χ1n) is 13.4. The fourth-order valence-corrected chi connectivity index (χ4v) is 5.21. The van der Waals surface area contributed by atoms with Crippen LogP contribution in [0.25, 0.3) is 0 Å². The van der Waals surface area contributed by atoms with Crippen molar-refractivity contribution in [3.05, 3.63) is 70.4 Å². The molecule has 2 aliphatic heterocycles. The number of halogens is 3. The van der Waals surface area contributed by atoms with Crippen LogP contribution >= 0.6 is 0 Å². The lowest BCUT2D eigenvalue weighted by molar-refractivity contribution is -0.389. The van der Waals surface area contributed by atoms with E-state index in [1.165, 1.54) is 18.3 Å². The molecule has 12 heteroatoms. The molecule has 1 atom stereocenters. The second-order valence-electron chi connectivity index (χ2n) is 10.2. The zero-order chi connectivity index (χ0) is 28.1. The van der Waals surface area contributed by atoms with E-state index in [2.05, 4.69) is 26.8 Å². The van der Waals surface area contributed by atoms with Crippen molar-refractivity contribution in [2.24, 2.45) is 5.92 Å². The summed E-state index contributed by atoms with van der Waals surface area (Å²) in [5, 5.41) is 10.9. The molecule has 1 fully saturated rings. The van der Waals surface area contributed by atoms with Crippen LogP contribution < -0.4 is 19.1 Å². The molecule has 1 aromatic heterocycles. The van der Waals surface area contributed by atoms with E-state index in [9.17, 15) is 23.3 Å². The number of aromatic nitrogens is 2. The van der Waals surface area contributed by atoms with Crippen LogP contribution in [0.1, 0.15) is 37.7 Å². The molecule has 0 aliphatic carbocycles. The topological polar surface area (TPSA) is 91.9 Å². The highest BCUT2D eigenvalue weighted by Crippen LogP contribution is 2.29. The number of fused-ring (bicyclic) bond motifs is 1. The smallest absolute Gasteiger partial charge is 0.490 e. The molecule has 2 aliphatic rings. The summed E-state index contributed by atoms with van der Waals surface area (Å²) < 4.78 is 54.2. The molecule has 2 aromatic carbocycles. The largest absolute Gasteiger partial charge is 0.573 e. The monoisotopic (exact) mass is 560 g/mol. The lowest BCUT2D eigenvalue weighted by atomic mass is 9.90. The molecule has 3 aromatic rings. The van der Waals surface area contributed by atoms with Gasteiger partial charge in [-0.25, -0.2) is 0 Å². The summed E-state index contributed by atoms with van der Waals surface area (Å²) in [5.41, 5.74) is 2.16. The quantitative estimate of drug-likeness (QED) is 0.217. The first-order valence-corrected chi connectivity index (χ1v) is 13.4. The number of benzene rings is 2. The summed E-state index contributed by atoms with van der Waals surface area (Å²) >= 11 is 0. The van der Waals surface area contributed by atoms with Gasteiger partial charge in [-0.15, -0.1) is 13.2 Å². The van der Waals surface area contributed by atoms with Gasteiger partial charge in [0, 0.05) is 36.7 Å². The average molecular weight is 561 g/mol. The molecular formula is C28H31F3N4O5. The number of aryl methyl sites for hydroxylation is 2. The van der Waals surface area contributed by atoms with Crippen LogP contribution in [0.5, 0.6) is 17.5 Å². The van der Waals surface area contributed by atoms with Crippen molar-refractivity contribution < 1.29 is 32.3 Å². The SMILES string of the molecule is O=[N+]([O-])c1cn2c(n1)OC(COc1ccc(N3CCC(CCCc4ccc(OC(F)(F)F)cc4)CC3)cc1)CC2. The summed E-state index contributed by atoms with van der Waals surface area (Å²) in [4.78, 5) is 16.7. The van der Waals surface area contributed by atoms with Crippen molar-refractivity contribution in [3.63, 3.8) is 0 Å². The maximum absolute atomic E-state index is 12.3. The van der Waals surface area contributed by atoms with E-state index in [-0.39, 0.29) is 23.7 Å². The third kappa shape index (κ3) is 7.36. The minimum atomic E-state index is -4.67. The molecule has 0 radical (unpaired) electrons. The Morgan fingerprint density at radius 2 is 1.70 bits per heavy atom. The second-order valence-corrected chi connectivity index (χ2v) is 10.2. The molecular weight excluding hydrogens is 529 g/mol. The molecule has 0 bridgehead atoms. The lowest BCUT2D eigenvalue weighted by Crippen LogP contribution is -2.33. The number of hydrogen-bond donors (Lipinski definition) is 0. The van der Waals surface area contributed by atoms with Crippen molar-refractivity contribution in [1.29, 1.82) is 0 Å². The Bertz CT molecular complexity index is 1270. The van der Waals surface area contributed by atoms with E-state index in [1.807, 2.05) is 12.1 Å². The zero-order valence-corrected chi connectivity index (χ0v) is 21.9. The highest BCUT2D eigenvalue weighted by Gasteiger charge is 2.31. The molecule has 0 spiro atoms. The van der Waals surface area contributed by atoms with E-state index in [0.29, 0.717) is 25.5 Å². The molecule has 0 amide bonds. The minimum Gasteiger partial charge on any atom is -0.490 e. The highest BCUT2D eigenvalue weighted by atomic mass is 19.4. The van der Waals surface area contributed by atoms with Gasteiger partial charge < -0.3 is 29.2 Å². The van der Waals surface area contributed by atoms with Gasteiger partial charge in [-0.1, -0.05) is 12.1 Å². The summed E-state index contributed by atoms with van der Waals surface area (Å²) in [6, 6.07) is 14.4. The zero-order valence-electron chi connectivity index (χ0n) is 21.9. The van der Waals surface area contributed by atoms with Crippen LogP contribution in [-0.2, 0) is 13.0 Å². The highest BCUT2D eigenvalue weighted by molar-refractivity contribution is 5.49. The lowest BCUT2D eigenvalue weighted by Gasteiger charge is -2.33. The number of piperidine rings is 1. The van der Waals surface area contributed by atoms with Crippen LogP contribution in [0.4, 0.5) is 24.7 Å². The summed E-state index contributed by atoms with van der Waals surface area (Å²) in [6.07, 6.45) is 2.30. The van der Waals surface area contributed by atoms with Crippen LogP contribution in [0.2, 0.25) is 0 Å². The maximum Gasteiger partial charge on any atom is 0.573 e. The predicted molar refractivity (Wildman–Crippen MR) is 141 cm³/mol. The number of imidazole rings is 1. The number of nitro groups is 1. The van der Waals surface area contributed by atoms with Crippen molar-refractivity contribution in [1.82, 2.24) is 9.55 Å². The Kier molecular flexibility index (Phi) is 8.32. The third-order valence-electron chi connectivity index (χ3n) is 7.37.